The molecule has 0 atom stereocenters. The van der Waals surface area contributed by atoms with E-state index in [1.165, 1.54) is 17.8 Å². The molecular formula is C17H12N4O2S. The summed E-state index contributed by atoms with van der Waals surface area (Å²) in [6, 6.07) is 16.6. The highest BCUT2D eigenvalue weighted by Crippen LogP contribution is 2.35. The first kappa shape index (κ1) is 14.6. The lowest BCUT2D eigenvalue weighted by molar-refractivity contribution is -0.387. The summed E-state index contributed by atoms with van der Waals surface area (Å²) >= 11 is 1.25. The van der Waals surface area contributed by atoms with Gasteiger partial charge in [0.2, 0.25) is 5.16 Å². The van der Waals surface area contributed by atoms with Gasteiger partial charge in [-0.2, -0.15) is 0 Å². The van der Waals surface area contributed by atoms with Crippen molar-refractivity contribution in [2.45, 2.75) is 17.0 Å². The van der Waals surface area contributed by atoms with Crippen molar-refractivity contribution in [3.05, 3.63) is 70.3 Å². The Kier molecular flexibility index (Phi) is 3.42. The van der Waals surface area contributed by atoms with E-state index >= 15 is 0 Å². The average molecular weight is 336 g/mol. The summed E-state index contributed by atoms with van der Waals surface area (Å²) in [5.74, 6) is 0. The molecule has 7 heteroatoms. The molecule has 24 heavy (non-hydrogen) atoms. The molecule has 2 aromatic heterocycles. The summed E-state index contributed by atoms with van der Waals surface area (Å²) in [6.45, 7) is 2.03. The summed E-state index contributed by atoms with van der Waals surface area (Å²) < 4.78 is 1.93. The van der Waals surface area contributed by atoms with Crippen molar-refractivity contribution in [3.8, 4) is 0 Å². The van der Waals surface area contributed by atoms with Crippen molar-refractivity contribution >= 4 is 34.0 Å². The number of para-hydroxylation sites is 2. The fourth-order valence-electron chi connectivity index (χ4n) is 2.73. The molecule has 0 amide bonds. The fourth-order valence-corrected chi connectivity index (χ4v) is 3.69. The molecular weight excluding hydrogens is 324 g/mol. The zero-order chi connectivity index (χ0) is 16.7. The quantitative estimate of drug-likeness (QED) is 0.413. The Balaban J connectivity index is 1.93. The van der Waals surface area contributed by atoms with Gasteiger partial charge in [-0.1, -0.05) is 30.3 Å². The first-order chi connectivity index (χ1) is 11.6. The van der Waals surface area contributed by atoms with Gasteiger partial charge in [0.15, 0.2) is 5.65 Å². The van der Waals surface area contributed by atoms with Gasteiger partial charge in [0.25, 0.3) is 5.69 Å². The molecule has 0 saturated carbocycles. The Bertz CT molecular complexity index is 1090. The monoisotopic (exact) mass is 336 g/mol. The minimum absolute atomic E-state index is 0.0654. The number of hydrogen-bond acceptors (Lipinski definition) is 5. The summed E-state index contributed by atoms with van der Waals surface area (Å²) in [5.41, 5.74) is 2.90. The minimum Gasteiger partial charge on any atom is -0.270 e. The molecule has 0 radical (unpaired) electrons. The van der Waals surface area contributed by atoms with Gasteiger partial charge < -0.3 is 0 Å². The average Bonchev–Trinajstić information content (AvgIpc) is 2.98. The van der Waals surface area contributed by atoms with Crippen LogP contribution in [0.3, 0.4) is 0 Å². The Labute approximate surface area is 141 Å². The van der Waals surface area contributed by atoms with Crippen LogP contribution in [0.1, 0.15) is 5.56 Å². The van der Waals surface area contributed by atoms with Crippen molar-refractivity contribution < 1.29 is 4.92 Å². The minimum atomic E-state index is -0.381. The number of fused-ring (bicyclic) bond motifs is 3. The lowest BCUT2D eigenvalue weighted by Crippen LogP contribution is -1.94. The fraction of sp³-hybridized carbons (Fsp3) is 0.0588. The van der Waals surface area contributed by atoms with Gasteiger partial charge in [-0.15, -0.1) is 10.2 Å². The third kappa shape index (κ3) is 2.30. The third-order valence-electron chi connectivity index (χ3n) is 3.84. The number of pyridine rings is 1. The van der Waals surface area contributed by atoms with Crippen LogP contribution >= 0.6 is 11.8 Å². The van der Waals surface area contributed by atoms with Gasteiger partial charge in [0.05, 0.1) is 15.3 Å². The van der Waals surface area contributed by atoms with Crippen LogP contribution in [0.4, 0.5) is 5.69 Å². The van der Waals surface area contributed by atoms with E-state index in [2.05, 4.69) is 10.2 Å². The molecule has 118 valence electrons. The molecule has 2 aromatic carbocycles. The molecule has 0 unspecified atom stereocenters. The highest BCUT2D eigenvalue weighted by Gasteiger charge is 2.18. The number of rotatable bonds is 3. The van der Waals surface area contributed by atoms with Crippen LogP contribution in [0.5, 0.6) is 0 Å². The molecule has 0 aliphatic heterocycles. The molecule has 0 aliphatic carbocycles. The maximum Gasteiger partial charge on any atom is 0.283 e. The van der Waals surface area contributed by atoms with E-state index in [1.54, 1.807) is 18.2 Å². The molecule has 4 aromatic rings. The Morgan fingerprint density at radius 3 is 2.67 bits per heavy atom. The highest BCUT2D eigenvalue weighted by atomic mass is 32.2. The smallest absolute Gasteiger partial charge is 0.270 e. The van der Waals surface area contributed by atoms with Gasteiger partial charge in [0, 0.05) is 11.5 Å². The topological polar surface area (TPSA) is 73.3 Å². The lowest BCUT2D eigenvalue weighted by Gasteiger charge is -2.07. The number of nitro benzene ring substituents is 1. The largest absolute Gasteiger partial charge is 0.283 e. The molecule has 6 nitrogen and oxygen atoms in total. The number of aromatic nitrogens is 3. The maximum atomic E-state index is 11.2. The third-order valence-corrected chi connectivity index (χ3v) is 4.85. The van der Waals surface area contributed by atoms with Crippen LogP contribution in [0, 0.1) is 17.0 Å². The van der Waals surface area contributed by atoms with E-state index < -0.39 is 0 Å². The van der Waals surface area contributed by atoms with Crippen molar-refractivity contribution in [2.24, 2.45) is 0 Å². The van der Waals surface area contributed by atoms with Crippen molar-refractivity contribution in [2.75, 3.05) is 0 Å². The second-order valence-electron chi connectivity index (χ2n) is 5.35. The molecule has 0 aliphatic rings. The molecule has 0 saturated heterocycles. The molecule has 4 rings (SSSR count). The summed E-state index contributed by atoms with van der Waals surface area (Å²) in [5, 5.41) is 21.4. The molecule has 2 heterocycles. The van der Waals surface area contributed by atoms with Gasteiger partial charge in [0.1, 0.15) is 0 Å². The van der Waals surface area contributed by atoms with Gasteiger partial charge in [-0.3, -0.25) is 14.5 Å². The first-order valence-corrected chi connectivity index (χ1v) is 8.11. The summed E-state index contributed by atoms with van der Waals surface area (Å²) in [4.78, 5) is 11.4. The van der Waals surface area contributed by atoms with Crippen molar-refractivity contribution in [3.63, 3.8) is 0 Å². The zero-order valence-corrected chi connectivity index (χ0v) is 13.5. The summed E-state index contributed by atoms with van der Waals surface area (Å²) in [7, 11) is 0. The second-order valence-corrected chi connectivity index (χ2v) is 6.36. The van der Waals surface area contributed by atoms with Crippen molar-refractivity contribution in [1.82, 2.24) is 14.6 Å². The highest BCUT2D eigenvalue weighted by molar-refractivity contribution is 7.99. The van der Waals surface area contributed by atoms with Gasteiger partial charge in [-0.25, -0.2) is 0 Å². The molecule has 0 bridgehead atoms. The van der Waals surface area contributed by atoms with Crippen LogP contribution in [-0.2, 0) is 0 Å². The number of benzene rings is 2. The van der Waals surface area contributed by atoms with Crippen LogP contribution < -0.4 is 0 Å². The van der Waals surface area contributed by atoms with Crippen molar-refractivity contribution in [1.29, 1.82) is 0 Å². The summed E-state index contributed by atoms with van der Waals surface area (Å²) in [6.07, 6.45) is 0. The Hall–Kier alpha value is -2.93. The SMILES string of the molecule is Cc1cc2nnc(Sc3ccccc3[N+](=O)[O-])n2c2ccccc12. The van der Waals surface area contributed by atoms with E-state index in [9.17, 15) is 10.1 Å². The number of aryl methyl sites for hydroxylation is 1. The standard InChI is InChI=1S/C17H12N4O2S/c1-11-10-16-18-19-17(20(16)13-7-3-2-6-12(11)13)24-15-9-5-4-8-14(15)21(22)23/h2-10H,1H3. The number of hydrogen-bond donors (Lipinski definition) is 0. The molecule has 0 fully saturated rings. The van der Waals surface area contributed by atoms with Gasteiger partial charge >= 0.3 is 0 Å². The van der Waals surface area contributed by atoms with E-state index in [-0.39, 0.29) is 10.6 Å². The van der Waals surface area contributed by atoms with E-state index in [0.29, 0.717) is 10.1 Å². The number of nitrogens with zero attached hydrogens (tertiary/aromatic N) is 4. The normalized spacial score (nSPS) is 11.2. The van der Waals surface area contributed by atoms with E-state index in [1.807, 2.05) is 41.7 Å². The predicted octanol–water partition coefficient (Wildman–Crippen LogP) is 4.25. The van der Waals surface area contributed by atoms with E-state index in [4.69, 9.17) is 0 Å². The van der Waals surface area contributed by atoms with Crippen LogP contribution in [0.25, 0.3) is 16.6 Å². The Morgan fingerprint density at radius 2 is 1.83 bits per heavy atom. The molecule has 0 spiro atoms. The van der Waals surface area contributed by atoms with E-state index in [0.717, 1.165) is 22.1 Å². The predicted molar refractivity (Wildman–Crippen MR) is 92.4 cm³/mol. The lowest BCUT2D eigenvalue weighted by atomic mass is 10.1. The van der Waals surface area contributed by atoms with Gasteiger partial charge in [-0.05, 0) is 42.4 Å². The number of nitro groups is 1. The Morgan fingerprint density at radius 1 is 1.08 bits per heavy atom. The zero-order valence-electron chi connectivity index (χ0n) is 12.7. The second kappa shape index (κ2) is 5.61. The van der Waals surface area contributed by atoms with Crippen LogP contribution in [0.2, 0.25) is 0 Å². The first-order valence-electron chi connectivity index (χ1n) is 7.30. The maximum absolute atomic E-state index is 11.2. The molecule has 0 N–H and O–H groups in total. The van der Waals surface area contributed by atoms with Crippen LogP contribution in [-0.4, -0.2) is 19.5 Å². The van der Waals surface area contributed by atoms with Crippen LogP contribution in [0.15, 0.2) is 64.6 Å².